The Morgan fingerprint density at radius 2 is 1.83 bits per heavy atom. The summed E-state index contributed by atoms with van der Waals surface area (Å²) in [6, 6.07) is 0. The van der Waals surface area contributed by atoms with Crippen molar-refractivity contribution in [3.05, 3.63) is 16.6 Å². The maximum Gasteiger partial charge on any atom is 0.409 e. The Morgan fingerprint density at radius 3 is 2.25 bits per heavy atom. The zero-order valence-corrected chi connectivity index (χ0v) is 7.69. The fourth-order valence-corrected chi connectivity index (χ4v) is 0.966. The van der Waals surface area contributed by atoms with Gasteiger partial charge in [-0.25, -0.2) is 14.8 Å². The highest BCUT2D eigenvalue weighted by molar-refractivity contribution is 6.61. The van der Waals surface area contributed by atoms with Gasteiger partial charge in [0.1, 0.15) is 6.33 Å². The predicted octanol–water partition coefficient (Wildman–Crippen LogP) is 2.52. The molecule has 0 radical (unpaired) electrons. The summed E-state index contributed by atoms with van der Waals surface area (Å²) in [4.78, 5) is 17.3. The fraction of sp³-hybridized carbons (Fsp3) is 0. The van der Waals surface area contributed by atoms with E-state index in [1.54, 1.807) is 0 Å². The third kappa shape index (κ3) is 2.20. The van der Waals surface area contributed by atoms with Crippen LogP contribution in [0.5, 0.6) is 5.75 Å². The van der Waals surface area contributed by atoms with Gasteiger partial charge < -0.3 is 4.74 Å². The predicted molar refractivity (Wildman–Crippen MR) is 43.9 cm³/mol. The molecule has 0 fully saturated rings. The topological polar surface area (TPSA) is 52.1 Å². The van der Waals surface area contributed by atoms with E-state index in [9.17, 15) is 4.79 Å². The molecule has 0 amide bonds. The van der Waals surface area contributed by atoms with Crippen LogP contribution in [0.1, 0.15) is 0 Å². The van der Waals surface area contributed by atoms with Gasteiger partial charge in [-0.3, -0.25) is 0 Å². The molecule has 1 heterocycles. The number of hydrogen-bond donors (Lipinski definition) is 0. The Kier molecular flexibility index (Phi) is 3.08. The minimum absolute atomic E-state index is 0.0657. The van der Waals surface area contributed by atoms with Crippen molar-refractivity contribution in [1.29, 1.82) is 0 Å². The molecule has 1 aromatic rings. The highest BCUT2D eigenvalue weighted by Crippen LogP contribution is 2.28. The highest BCUT2D eigenvalue weighted by Gasteiger charge is 2.12. The van der Waals surface area contributed by atoms with Crippen LogP contribution in [-0.2, 0) is 0 Å². The van der Waals surface area contributed by atoms with Crippen LogP contribution in [0.15, 0.2) is 6.33 Å². The molecular formula is C5HCl3N2O2. The van der Waals surface area contributed by atoms with Gasteiger partial charge in [0.2, 0.25) is 5.75 Å². The van der Waals surface area contributed by atoms with Crippen LogP contribution in [0.4, 0.5) is 4.79 Å². The van der Waals surface area contributed by atoms with Crippen molar-refractivity contribution in [2.45, 2.75) is 0 Å². The lowest BCUT2D eigenvalue weighted by Crippen LogP contribution is -1.99. The van der Waals surface area contributed by atoms with Crippen molar-refractivity contribution in [1.82, 2.24) is 9.97 Å². The first-order valence-electron chi connectivity index (χ1n) is 2.64. The van der Waals surface area contributed by atoms with E-state index in [1.165, 1.54) is 0 Å². The molecule has 0 atom stereocenters. The van der Waals surface area contributed by atoms with Gasteiger partial charge in [-0.2, -0.15) is 0 Å². The molecule has 0 aliphatic rings. The molecule has 0 aliphatic heterocycles. The van der Waals surface area contributed by atoms with E-state index in [0.29, 0.717) is 0 Å². The van der Waals surface area contributed by atoms with Crippen LogP contribution in [0.3, 0.4) is 0 Å². The van der Waals surface area contributed by atoms with Gasteiger partial charge in [-0.05, 0) is 0 Å². The van der Waals surface area contributed by atoms with Crippen LogP contribution in [0, 0.1) is 0 Å². The molecular weight excluding hydrogens is 226 g/mol. The molecule has 0 aliphatic carbocycles. The Hall–Kier alpha value is -0.580. The van der Waals surface area contributed by atoms with Crippen molar-refractivity contribution >= 4 is 40.2 Å². The molecule has 1 aromatic heterocycles. The first-order chi connectivity index (χ1) is 5.61. The van der Waals surface area contributed by atoms with Crippen LogP contribution < -0.4 is 4.74 Å². The van der Waals surface area contributed by atoms with Crippen molar-refractivity contribution in [2.75, 3.05) is 0 Å². The quantitative estimate of drug-likeness (QED) is 0.546. The standard InChI is InChI=1S/C5HCl3N2O2/c6-3-2(12-5(8)11)4(7)10-1-9-3/h1H. The third-order valence-electron chi connectivity index (χ3n) is 0.899. The second-order valence-corrected chi connectivity index (χ2v) is 2.65. The molecule has 7 heteroatoms. The summed E-state index contributed by atoms with van der Waals surface area (Å²) in [7, 11) is 0. The number of aromatic nitrogens is 2. The number of nitrogens with zero attached hydrogens (tertiary/aromatic N) is 2. The number of ether oxygens (including phenoxy) is 1. The van der Waals surface area contributed by atoms with Gasteiger partial charge in [0.15, 0.2) is 10.3 Å². The normalized spacial score (nSPS) is 9.58. The Labute approximate surface area is 82.4 Å². The molecule has 1 rings (SSSR count). The summed E-state index contributed by atoms with van der Waals surface area (Å²) in [5, 5.41) is -0.131. The van der Waals surface area contributed by atoms with E-state index < -0.39 is 5.43 Å². The lowest BCUT2D eigenvalue weighted by Gasteiger charge is -2.01. The SMILES string of the molecule is O=C(Cl)Oc1c(Cl)ncnc1Cl. The Balaban J connectivity index is 3.04. The minimum Gasteiger partial charge on any atom is -0.408 e. The van der Waals surface area contributed by atoms with Gasteiger partial charge in [-0.15, -0.1) is 0 Å². The number of rotatable bonds is 1. The Bertz CT molecular complexity index is 297. The summed E-state index contributed by atoms with van der Waals surface area (Å²) >= 11 is 15.9. The van der Waals surface area contributed by atoms with Crippen LogP contribution >= 0.6 is 34.8 Å². The fourth-order valence-electron chi connectivity index (χ4n) is 0.497. The van der Waals surface area contributed by atoms with Gasteiger partial charge >= 0.3 is 5.43 Å². The molecule has 12 heavy (non-hydrogen) atoms. The second kappa shape index (κ2) is 3.89. The van der Waals surface area contributed by atoms with Crippen LogP contribution in [-0.4, -0.2) is 15.4 Å². The van der Waals surface area contributed by atoms with Gasteiger partial charge in [0.25, 0.3) is 0 Å². The monoisotopic (exact) mass is 226 g/mol. The first kappa shape index (κ1) is 9.51. The summed E-state index contributed by atoms with van der Waals surface area (Å²) in [6.45, 7) is 0. The summed E-state index contributed by atoms with van der Waals surface area (Å²) < 4.78 is 4.41. The van der Waals surface area contributed by atoms with E-state index in [1.807, 2.05) is 0 Å². The molecule has 0 aromatic carbocycles. The van der Waals surface area contributed by atoms with Crippen LogP contribution in [0.25, 0.3) is 0 Å². The zero-order valence-electron chi connectivity index (χ0n) is 5.42. The number of halogens is 3. The second-order valence-electron chi connectivity index (χ2n) is 1.62. The molecule has 0 spiro atoms. The number of carbonyl (C=O) groups excluding carboxylic acids is 1. The molecule has 0 unspecified atom stereocenters. The smallest absolute Gasteiger partial charge is 0.408 e. The van der Waals surface area contributed by atoms with E-state index in [4.69, 9.17) is 34.8 Å². The molecule has 0 bridgehead atoms. The molecule has 0 N–H and O–H groups in total. The summed E-state index contributed by atoms with van der Waals surface area (Å²) in [6.07, 6.45) is 1.14. The lowest BCUT2D eigenvalue weighted by atomic mass is 10.6. The van der Waals surface area contributed by atoms with Crippen molar-refractivity contribution in [3.63, 3.8) is 0 Å². The number of hydrogen-bond acceptors (Lipinski definition) is 4. The number of carbonyl (C=O) groups is 1. The van der Waals surface area contributed by atoms with Crippen molar-refractivity contribution in [3.8, 4) is 5.75 Å². The highest BCUT2D eigenvalue weighted by atomic mass is 35.5. The van der Waals surface area contributed by atoms with Gasteiger partial charge in [0.05, 0.1) is 0 Å². The minimum atomic E-state index is -1.05. The summed E-state index contributed by atoms with van der Waals surface area (Å²) in [5.74, 6) is -0.138. The summed E-state index contributed by atoms with van der Waals surface area (Å²) in [5.41, 5.74) is -1.05. The van der Waals surface area contributed by atoms with Crippen molar-refractivity contribution in [2.24, 2.45) is 0 Å². The molecule has 64 valence electrons. The third-order valence-corrected chi connectivity index (χ3v) is 1.51. The molecule has 4 nitrogen and oxygen atoms in total. The van der Waals surface area contributed by atoms with E-state index >= 15 is 0 Å². The maximum atomic E-state index is 10.3. The van der Waals surface area contributed by atoms with E-state index in [0.717, 1.165) is 6.33 Å². The molecule has 0 saturated heterocycles. The average molecular weight is 227 g/mol. The molecule has 0 saturated carbocycles. The Morgan fingerprint density at radius 1 is 1.33 bits per heavy atom. The van der Waals surface area contributed by atoms with E-state index in [2.05, 4.69) is 14.7 Å². The van der Waals surface area contributed by atoms with Crippen LogP contribution in [0.2, 0.25) is 10.3 Å². The zero-order chi connectivity index (χ0) is 9.14. The lowest BCUT2D eigenvalue weighted by molar-refractivity contribution is 0.225. The largest absolute Gasteiger partial charge is 0.409 e. The van der Waals surface area contributed by atoms with Gasteiger partial charge in [-0.1, -0.05) is 23.2 Å². The van der Waals surface area contributed by atoms with Gasteiger partial charge in [0, 0.05) is 11.6 Å². The van der Waals surface area contributed by atoms with E-state index in [-0.39, 0.29) is 16.1 Å². The maximum absolute atomic E-state index is 10.3. The van der Waals surface area contributed by atoms with Crippen molar-refractivity contribution < 1.29 is 9.53 Å². The average Bonchev–Trinajstić information content (AvgIpc) is 1.97. The first-order valence-corrected chi connectivity index (χ1v) is 3.78.